The maximum atomic E-state index is 10.8. The van der Waals surface area contributed by atoms with Gasteiger partial charge in [0.1, 0.15) is 19.0 Å². The molecular weight excluding hydrogens is 521 g/mol. The number of hydrogen-bond acceptors (Lipinski definition) is 7. The number of rotatable bonds is 9. The molecule has 218 valence electrons. The number of amides is 1. The fourth-order valence-electron chi connectivity index (χ4n) is 5.36. The van der Waals surface area contributed by atoms with Crippen molar-refractivity contribution in [3.05, 3.63) is 65.3 Å². The van der Waals surface area contributed by atoms with Crippen molar-refractivity contribution in [3.63, 3.8) is 0 Å². The molecule has 2 N–H and O–H groups in total. The van der Waals surface area contributed by atoms with Gasteiger partial charge in [0, 0.05) is 12.0 Å². The standard InChI is InChI=1S/C31H40BN3O6/c1-6-25(32-40-30(2,3)31(4,5)41-32)28(21-10-13-24(14-11-21)37-17-18-39-29(33)36)22-12-15-26-23(19-22)20-34-35(26)27-9-7-8-16-38-27/h10-15,19-20,27H,6-9,16-18H2,1-5H3,(H2,33,36). The Balaban J connectivity index is 1.53. The van der Waals surface area contributed by atoms with E-state index in [1.807, 2.05) is 35.1 Å². The molecule has 10 heteroatoms. The lowest BCUT2D eigenvalue weighted by molar-refractivity contribution is -0.0366. The Morgan fingerprint density at radius 2 is 1.76 bits per heavy atom. The Hall–Kier alpha value is -3.34. The number of carbonyl (C=O) groups is 1. The topological polar surface area (TPSA) is 107 Å². The minimum absolute atomic E-state index is 0.0287. The summed E-state index contributed by atoms with van der Waals surface area (Å²) in [7, 11) is -0.490. The second-order valence-corrected chi connectivity index (χ2v) is 11.6. The third-order valence-corrected chi connectivity index (χ3v) is 8.29. The van der Waals surface area contributed by atoms with Gasteiger partial charge in [-0.1, -0.05) is 25.1 Å². The summed E-state index contributed by atoms with van der Waals surface area (Å²) in [5, 5.41) is 5.75. The fraction of sp³-hybridized carbons (Fsp3) is 0.484. The van der Waals surface area contributed by atoms with E-state index in [0.717, 1.165) is 65.4 Å². The minimum Gasteiger partial charge on any atom is -0.490 e. The zero-order valence-electron chi connectivity index (χ0n) is 24.6. The molecule has 0 bridgehead atoms. The summed E-state index contributed by atoms with van der Waals surface area (Å²) in [4.78, 5) is 10.8. The predicted octanol–water partition coefficient (Wildman–Crippen LogP) is 6.05. The molecule has 2 aliphatic rings. The van der Waals surface area contributed by atoms with Gasteiger partial charge in [0.05, 0.1) is 22.9 Å². The molecular formula is C31H40BN3O6. The summed E-state index contributed by atoms with van der Waals surface area (Å²) < 4.78 is 31.6. The first-order valence-corrected chi connectivity index (χ1v) is 14.4. The zero-order valence-corrected chi connectivity index (χ0v) is 24.6. The Kier molecular flexibility index (Phi) is 8.45. The van der Waals surface area contributed by atoms with Crippen molar-refractivity contribution in [2.75, 3.05) is 19.8 Å². The van der Waals surface area contributed by atoms with Crippen LogP contribution in [0.15, 0.2) is 54.1 Å². The lowest BCUT2D eigenvalue weighted by atomic mass is 9.70. The number of carbonyl (C=O) groups excluding carboxylic acids is 1. The first-order chi connectivity index (χ1) is 19.6. The van der Waals surface area contributed by atoms with Crippen molar-refractivity contribution < 1.29 is 28.3 Å². The number of primary amides is 1. The van der Waals surface area contributed by atoms with Crippen molar-refractivity contribution >= 4 is 29.7 Å². The van der Waals surface area contributed by atoms with E-state index >= 15 is 0 Å². The number of aromatic nitrogens is 2. The van der Waals surface area contributed by atoms with Gasteiger partial charge in [-0.15, -0.1) is 0 Å². The van der Waals surface area contributed by atoms with Gasteiger partial charge in [-0.2, -0.15) is 5.10 Å². The van der Waals surface area contributed by atoms with Crippen molar-refractivity contribution in [1.29, 1.82) is 0 Å². The van der Waals surface area contributed by atoms with E-state index < -0.39 is 24.4 Å². The van der Waals surface area contributed by atoms with Crippen LogP contribution in [0.2, 0.25) is 0 Å². The van der Waals surface area contributed by atoms with Crippen LogP contribution in [0, 0.1) is 0 Å². The fourth-order valence-corrected chi connectivity index (χ4v) is 5.36. The molecule has 2 aliphatic heterocycles. The lowest BCUT2D eigenvalue weighted by Crippen LogP contribution is -2.41. The monoisotopic (exact) mass is 561 g/mol. The summed E-state index contributed by atoms with van der Waals surface area (Å²) in [6, 6.07) is 14.3. The highest BCUT2D eigenvalue weighted by atomic mass is 16.7. The van der Waals surface area contributed by atoms with Crippen molar-refractivity contribution in [2.45, 2.75) is 77.7 Å². The van der Waals surface area contributed by atoms with Crippen LogP contribution in [0.5, 0.6) is 5.75 Å². The van der Waals surface area contributed by atoms with Crippen LogP contribution < -0.4 is 10.5 Å². The van der Waals surface area contributed by atoms with Crippen molar-refractivity contribution in [1.82, 2.24) is 9.78 Å². The first-order valence-electron chi connectivity index (χ1n) is 14.4. The third-order valence-electron chi connectivity index (χ3n) is 8.29. The van der Waals surface area contributed by atoms with Gasteiger partial charge >= 0.3 is 13.2 Å². The maximum Gasteiger partial charge on any atom is 0.491 e. The van der Waals surface area contributed by atoms with Gasteiger partial charge in [0.15, 0.2) is 6.23 Å². The van der Waals surface area contributed by atoms with Gasteiger partial charge in [-0.05, 0) is 99.8 Å². The third kappa shape index (κ3) is 6.15. The molecule has 0 spiro atoms. The molecule has 1 aromatic heterocycles. The summed E-state index contributed by atoms with van der Waals surface area (Å²) >= 11 is 0. The van der Waals surface area contributed by atoms with Gasteiger partial charge in [-0.25, -0.2) is 9.48 Å². The van der Waals surface area contributed by atoms with Crippen molar-refractivity contribution in [2.24, 2.45) is 5.73 Å². The van der Waals surface area contributed by atoms with Crippen LogP contribution in [-0.2, 0) is 18.8 Å². The number of fused-ring (bicyclic) bond motifs is 1. The van der Waals surface area contributed by atoms with Crippen LogP contribution in [0.25, 0.3) is 16.5 Å². The van der Waals surface area contributed by atoms with Crippen LogP contribution >= 0.6 is 0 Å². The number of hydrogen-bond donors (Lipinski definition) is 1. The molecule has 0 saturated carbocycles. The highest BCUT2D eigenvalue weighted by Gasteiger charge is 2.52. The van der Waals surface area contributed by atoms with Gasteiger partial charge in [-0.3, -0.25) is 0 Å². The molecule has 5 rings (SSSR count). The molecule has 9 nitrogen and oxygen atoms in total. The number of nitrogens with two attached hydrogens (primary N) is 1. The molecule has 2 saturated heterocycles. The average Bonchev–Trinajstić information content (AvgIpc) is 3.46. The minimum atomic E-state index is -0.817. The Morgan fingerprint density at radius 1 is 1.05 bits per heavy atom. The summed E-state index contributed by atoms with van der Waals surface area (Å²) in [6.07, 6.45) is 5.01. The summed E-state index contributed by atoms with van der Waals surface area (Å²) in [6.45, 7) is 11.5. The zero-order chi connectivity index (χ0) is 29.2. The SMILES string of the molecule is CCC(B1OC(C)(C)C(C)(C)O1)=C(c1ccc(OCCOC(N)=O)cc1)c1ccc2c(cnn2C2CCCCO2)c1. The van der Waals surface area contributed by atoms with E-state index in [1.54, 1.807) is 0 Å². The van der Waals surface area contributed by atoms with Crippen LogP contribution in [0.3, 0.4) is 0 Å². The predicted molar refractivity (Wildman–Crippen MR) is 158 cm³/mol. The van der Waals surface area contributed by atoms with Crippen LogP contribution in [-0.4, -0.2) is 54.0 Å². The first kappa shape index (κ1) is 29.2. The molecule has 3 heterocycles. The molecule has 0 radical (unpaired) electrons. The Bertz CT molecular complexity index is 1390. The second kappa shape index (κ2) is 11.9. The van der Waals surface area contributed by atoms with Crippen molar-refractivity contribution in [3.8, 4) is 5.75 Å². The van der Waals surface area contributed by atoms with E-state index in [1.165, 1.54) is 0 Å². The quantitative estimate of drug-likeness (QED) is 0.250. The lowest BCUT2D eigenvalue weighted by Gasteiger charge is -2.32. The summed E-state index contributed by atoms with van der Waals surface area (Å²) in [5.74, 6) is 0.666. The number of allylic oxidation sites excluding steroid dienone is 1. The smallest absolute Gasteiger partial charge is 0.490 e. The van der Waals surface area contributed by atoms with E-state index in [0.29, 0.717) is 5.75 Å². The molecule has 2 aromatic carbocycles. The molecule has 2 fully saturated rings. The molecule has 41 heavy (non-hydrogen) atoms. The molecule has 1 amide bonds. The maximum absolute atomic E-state index is 10.8. The highest BCUT2D eigenvalue weighted by molar-refractivity contribution is 6.56. The Labute approximate surface area is 242 Å². The molecule has 1 unspecified atom stereocenters. The normalized spacial score (nSPS) is 20.6. The van der Waals surface area contributed by atoms with E-state index in [4.69, 9.17) is 34.4 Å². The Morgan fingerprint density at radius 3 is 2.39 bits per heavy atom. The van der Waals surface area contributed by atoms with E-state index in [9.17, 15) is 4.79 Å². The second-order valence-electron chi connectivity index (χ2n) is 11.6. The van der Waals surface area contributed by atoms with Gasteiger partial charge < -0.3 is 29.3 Å². The molecule has 0 aliphatic carbocycles. The van der Waals surface area contributed by atoms with Gasteiger partial charge in [0.25, 0.3) is 0 Å². The van der Waals surface area contributed by atoms with E-state index in [-0.39, 0.29) is 19.4 Å². The number of nitrogens with zero attached hydrogens (tertiary/aromatic N) is 2. The average molecular weight is 561 g/mol. The number of ether oxygens (including phenoxy) is 3. The summed E-state index contributed by atoms with van der Waals surface area (Å²) in [5.41, 5.74) is 9.34. The molecule has 3 aromatic rings. The molecule has 1 atom stereocenters. The van der Waals surface area contributed by atoms with E-state index in [2.05, 4.69) is 52.8 Å². The number of benzene rings is 2. The van der Waals surface area contributed by atoms with Crippen LogP contribution in [0.4, 0.5) is 4.79 Å². The van der Waals surface area contributed by atoms with Crippen LogP contribution in [0.1, 0.15) is 77.7 Å². The highest BCUT2D eigenvalue weighted by Crippen LogP contribution is 2.42. The van der Waals surface area contributed by atoms with Gasteiger partial charge in [0.2, 0.25) is 0 Å². The largest absolute Gasteiger partial charge is 0.491 e.